The van der Waals surface area contributed by atoms with Crippen LogP contribution in [0.3, 0.4) is 0 Å². The van der Waals surface area contributed by atoms with Gasteiger partial charge in [0.05, 0.1) is 19.8 Å². The number of unbranched alkanes of at least 4 members (excludes halogenated alkanes) is 18. The average molecular weight is 889 g/mol. The van der Waals surface area contributed by atoms with Crippen molar-refractivity contribution in [1.82, 2.24) is 0 Å². The van der Waals surface area contributed by atoms with Crippen LogP contribution in [0.4, 0.5) is 0 Å². The van der Waals surface area contributed by atoms with Crippen LogP contribution in [0.15, 0.2) is 24.3 Å². The number of carbonyl (C=O) groups excluding carboxylic acids is 2. The van der Waals surface area contributed by atoms with E-state index in [0.29, 0.717) is 12.8 Å². The van der Waals surface area contributed by atoms with Crippen LogP contribution >= 0.6 is 0 Å². The van der Waals surface area contributed by atoms with Crippen molar-refractivity contribution in [3.63, 3.8) is 0 Å². The fourth-order valence-corrected chi connectivity index (χ4v) is 7.39. The first-order valence-corrected chi connectivity index (χ1v) is 23.9. The third-order valence-corrected chi connectivity index (χ3v) is 11.4. The number of allylic oxidation sites excluding steroid dienone is 4. The first kappa shape index (κ1) is 56.1. The van der Waals surface area contributed by atoms with Gasteiger partial charge in [0.15, 0.2) is 18.7 Å². The topological polar surface area (TPSA) is 231 Å². The standard InChI is InChI=1S/C47H84O15/c1-3-5-7-9-11-13-15-16-17-18-20-21-23-25-27-29-38(49)57-32-35(60-39(50)30-28-26-24-22-19-14-12-10-8-6-4-2)33-58-46-45(56)43(54)41(52)37(62-46)34-59-47-44(55)42(53)40(51)36(31-48)61-47/h10,12,23,25,35-37,40-48,51-56H,3-9,11,13-22,24,26-34H2,1-2H3/b12-10+,25-23+/t35-,36-,37-,40+,41+,42?,43?,44?,45?,46-,47-/m1/s1. The van der Waals surface area contributed by atoms with Crippen LogP contribution in [0.1, 0.15) is 168 Å². The molecule has 0 aromatic heterocycles. The SMILES string of the molecule is CCCC/C=C/CCCCCCCC(=O)O[C@H](COC(=O)CC/C=C/CCCCCCCCCCCCC)CO[C@@H]1O[C@H](CO[C@@H]2O[C@H](CO)[C@H](O)C(O)C2O)[C@H](O)C(O)C1O. The number of aliphatic hydroxyl groups excluding tert-OH is 7. The van der Waals surface area contributed by atoms with Gasteiger partial charge < -0.3 is 64.2 Å². The lowest BCUT2D eigenvalue weighted by Gasteiger charge is -2.42. The number of carbonyl (C=O) groups is 2. The van der Waals surface area contributed by atoms with Crippen molar-refractivity contribution in [2.45, 2.75) is 235 Å². The summed E-state index contributed by atoms with van der Waals surface area (Å²) in [6, 6.07) is 0. The molecule has 2 aliphatic heterocycles. The van der Waals surface area contributed by atoms with Gasteiger partial charge in [-0.3, -0.25) is 9.59 Å². The Labute approximate surface area is 371 Å². The maximum atomic E-state index is 12.9. The Balaban J connectivity index is 1.85. The summed E-state index contributed by atoms with van der Waals surface area (Å²) >= 11 is 0. The maximum absolute atomic E-state index is 12.9. The van der Waals surface area contributed by atoms with E-state index in [-0.39, 0.29) is 19.4 Å². The monoisotopic (exact) mass is 889 g/mol. The molecule has 0 aromatic carbocycles. The molecule has 2 rings (SSSR count). The van der Waals surface area contributed by atoms with Crippen molar-refractivity contribution in [2.24, 2.45) is 0 Å². The van der Waals surface area contributed by atoms with E-state index in [2.05, 4.69) is 32.1 Å². The minimum atomic E-state index is -1.77. The zero-order valence-electron chi connectivity index (χ0n) is 37.9. The first-order valence-electron chi connectivity index (χ1n) is 23.9. The highest BCUT2D eigenvalue weighted by atomic mass is 16.7. The maximum Gasteiger partial charge on any atom is 0.306 e. The van der Waals surface area contributed by atoms with E-state index in [1.165, 1.54) is 77.0 Å². The number of esters is 2. The Morgan fingerprint density at radius 2 is 0.968 bits per heavy atom. The lowest BCUT2D eigenvalue weighted by atomic mass is 9.98. The summed E-state index contributed by atoms with van der Waals surface area (Å²) in [6.45, 7) is 2.49. The average Bonchev–Trinajstić information content (AvgIpc) is 3.26. The Morgan fingerprint density at radius 3 is 1.53 bits per heavy atom. The number of hydrogen-bond acceptors (Lipinski definition) is 15. The quantitative estimate of drug-likeness (QED) is 0.0231. The van der Waals surface area contributed by atoms with Crippen molar-refractivity contribution in [2.75, 3.05) is 26.4 Å². The number of ether oxygens (including phenoxy) is 6. The van der Waals surface area contributed by atoms with Gasteiger partial charge in [-0.05, 0) is 44.9 Å². The van der Waals surface area contributed by atoms with Crippen molar-refractivity contribution >= 4 is 11.9 Å². The van der Waals surface area contributed by atoms with Crippen LogP contribution in [0.25, 0.3) is 0 Å². The van der Waals surface area contributed by atoms with Gasteiger partial charge in [-0.25, -0.2) is 0 Å². The molecule has 2 heterocycles. The zero-order valence-corrected chi connectivity index (χ0v) is 37.9. The van der Waals surface area contributed by atoms with Crippen LogP contribution in [0.5, 0.6) is 0 Å². The van der Waals surface area contributed by atoms with Crippen molar-refractivity contribution < 1.29 is 73.8 Å². The molecule has 62 heavy (non-hydrogen) atoms. The van der Waals surface area contributed by atoms with E-state index in [1.807, 2.05) is 6.08 Å². The Hall–Kier alpha value is -2.02. The molecule has 2 saturated heterocycles. The van der Waals surface area contributed by atoms with Gasteiger partial charge in [-0.1, -0.05) is 134 Å². The minimum Gasteiger partial charge on any atom is -0.462 e. The molecule has 362 valence electrons. The van der Waals surface area contributed by atoms with E-state index in [1.54, 1.807) is 0 Å². The van der Waals surface area contributed by atoms with E-state index >= 15 is 0 Å². The third kappa shape index (κ3) is 23.8. The van der Waals surface area contributed by atoms with Crippen LogP contribution in [0.2, 0.25) is 0 Å². The normalized spacial score (nSPS) is 27.2. The summed E-state index contributed by atoms with van der Waals surface area (Å²) in [5.74, 6) is -0.992. The van der Waals surface area contributed by atoms with Gasteiger partial charge in [0.2, 0.25) is 0 Å². The fourth-order valence-electron chi connectivity index (χ4n) is 7.39. The van der Waals surface area contributed by atoms with E-state index in [0.717, 1.165) is 51.4 Å². The highest BCUT2D eigenvalue weighted by molar-refractivity contribution is 5.70. The predicted molar refractivity (Wildman–Crippen MR) is 234 cm³/mol. The Morgan fingerprint density at radius 1 is 0.500 bits per heavy atom. The zero-order chi connectivity index (χ0) is 45.4. The van der Waals surface area contributed by atoms with E-state index < -0.39 is 99.3 Å². The second kappa shape index (κ2) is 35.3. The summed E-state index contributed by atoms with van der Waals surface area (Å²) in [6.07, 6.45) is 16.6. The molecule has 11 atom stereocenters. The second-order valence-corrected chi connectivity index (χ2v) is 16.9. The molecule has 0 aromatic rings. The van der Waals surface area contributed by atoms with Crippen LogP contribution in [-0.2, 0) is 38.0 Å². The number of aliphatic hydroxyl groups is 7. The summed E-state index contributed by atoms with van der Waals surface area (Å²) < 4.78 is 33.4. The van der Waals surface area contributed by atoms with Gasteiger partial charge in [0.1, 0.15) is 55.4 Å². The molecule has 7 N–H and O–H groups in total. The molecule has 0 bridgehead atoms. The summed E-state index contributed by atoms with van der Waals surface area (Å²) in [5, 5.41) is 71.9. The van der Waals surface area contributed by atoms with E-state index in [4.69, 9.17) is 28.4 Å². The molecule has 0 amide bonds. The summed E-state index contributed by atoms with van der Waals surface area (Å²) in [7, 11) is 0. The molecule has 15 heteroatoms. The molecule has 0 aliphatic carbocycles. The summed E-state index contributed by atoms with van der Waals surface area (Å²) in [4.78, 5) is 25.6. The minimum absolute atomic E-state index is 0.134. The Kier molecular flexibility index (Phi) is 31.9. The van der Waals surface area contributed by atoms with Crippen LogP contribution in [-0.4, -0.2) is 142 Å². The van der Waals surface area contributed by atoms with Crippen molar-refractivity contribution in [1.29, 1.82) is 0 Å². The van der Waals surface area contributed by atoms with Gasteiger partial charge in [-0.2, -0.15) is 0 Å². The predicted octanol–water partition coefficient (Wildman–Crippen LogP) is 5.60. The van der Waals surface area contributed by atoms with Crippen LogP contribution in [0, 0.1) is 0 Å². The second-order valence-electron chi connectivity index (χ2n) is 16.9. The van der Waals surface area contributed by atoms with Crippen molar-refractivity contribution in [3.05, 3.63) is 24.3 Å². The smallest absolute Gasteiger partial charge is 0.306 e. The molecule has 2 aliphatic rings. The van der Waals surface area contributed by atoms with Gasteiger partial charge in [0, 0.05) is 12.8 Å². The number of hydrogen-bond donors (Lipinski definition) is 7. The molecular formula is C47H84O15. The van der Waals surface area contributed by atoms with Gasteiger partial charge in [-0.15, -0.1) is 0 Å². The van der Waals surface area contributed by atoms with E-state index in [9.17, 15) is 45.3 Å². The largest absolute Gasteiger partial charge is 0.462 e. The highest BCUT2D eigenvalue weighted by Gasteiger charge is 2.47. The lowest BCUT2D eigenvalue weighted by molar-refractivity contribution is -0.332. The number of rotatable bonds is 36. The third-order valence-electron chi connectivity index (χ3n) is 11.4. The molecule has 4 unspecified atom stereocenters. The molecule has 2 fully saturated rings. The molecule has 0 saturated carbocycles. The summed E-state index contributed by atoms with van der Waals surface area (Å²) in [5.41, 5.74) is 0. The molecule has 0 spiro atoms. The molecular weight excluding hydrogens is 805 g/mol. The highest BCUT2D eigenvalue weighted by Crippen LogP contribution is 2.26. The van der Waals surface area contributed by atoms with Gasteiger partial charge in [0.25, 0.3) is 0 Å². The Bertz CT molecular complexity index is 1180. The lowest BCUT2D eigenvalue weighted by Crippen LogP contribution is -2.61. The first-order chi connectivity index (χ1) is 30.0. The van der Waals surface area contributed by atoms with Crippen molar-refractivity contribution in [3.8, 4) is 0 Å². The molecule has 0 radical (unpaired) electrons. The van der Waals surface area contributed by atoms with Gasteiger partial charge >= 0.3 is 11.9 Å². The molecule has 15 nitrogen and oxygen atoms in total. The van der Waals surface area contributed by atoms with Crippen LogP contribution < -0.4 is 0 Å². The fraction of sp³-hybridized carbons (Fsp3) is 0.872.